The van der Waals surface area contributed by atoms with Gasteiger partial charge in [-0.25, -0.2) is 9.67 Å². The van der Waals surface area contributed by atoms with E-state index in [2.05, 4.69) is 20.7 Å². The number of carbonyl (C=O) groups excluding carboxylic acids is 1. The lowest BCUT2D eigenvalue weighted by Crippen LogP contribution is -2.37. The van der Waals surface area contributed by atoms with Gasteiger partial charge in [-0.1, -0.05) is 6.07 Å². The van der Waals surface area contributed by atoms with Gasteiger partial charge in [0.25, 0.3) is 5.91 Å². The van der Waals surface area contributed by atoms with Gasteiger partial charge in [-0.2, -0.15) is 5.10 Å². The third-order valence-corrected chi connectivity index (χ3v) is 2.77. The molecule has 0 spiro atoms. The molecule has 1 unspecified atom stereocenters. The molecule has 2 aromatic rings. The molecule has 1 amide bonds. The first-order valence-corrected chi connectivity index (χ1v) is 6.13. The van der Waals surface area contributed by atoms with Crippen LogP contribution in [0.1, 0.15) is 17.4 Å². The summed E-state index contributed by atoms with van der Waals surface area (Å²) in [4.78, 5) is 16.2. The SMILES string of the molecule is CNC(C)CNC(=O)c1cccc(-n2cccn2)n1.Cl.Cl. The zero-order valence-corrected chi connectivity index (χ0v) is 13.4. The summed E-state index contributed by atoms with van der Waals surface area (Å²) in [7, 11) is 1.85. The van der Waals surface area contributed by atoms with Crippen LogP contribution in [0.15, 0.2) is 36.7 Å². The maximum absolute atomic E-state index is 12.0. The lowest BCUT2D eigenvalue weighted by Gasteiger charge is -2.11. The highest BCUT2D eigenvalue weighted by atomic mass is 35.5. The molecule has 0 bridgehead atoms. The van der Waals surface area contributed by atoms with Crippen LogP contribution in [0.2, 0.25) is 0 Å². The number of carbonyl (C=O) groups is 1. The minimum Gasteiger partial charge on any atom is -0.349 e. The van der Waals surface area contributed by atoms with E-state index in [1.54, 1.807) is 35.3 Å². The van der Waals surface area contributed by atoms with Crippen LogP contribution in [0.25, 0.3) is 5.82 Å². The Balaban J connectivity index is 0.00000200. The minimum absolute atomic E-state index is 0. The average molecular weight is 332 g/mol. The van der Waals surface area contributed by atoms with Gasteiger partial charge in [-0.05, 0) is 32.2 Å². The van der Waals surface area contributed by atoms with Crippen molar-refractivity contribution in [3.8, 4) is 5.82 Å². The van der Waals surface area contributed by atoms with E-state index in [1.807, 2.05) is 20.0 Å². The van der Waals surface area contributed by atoms with E-state index in [0.717, 1.165) is 0 Å². The van der Waals surface area contributed by atoms with Crippen LogP contribution in [-0.4, -0.2) is 40.3 Å². The lowest BCUT2D eigenvalue weighted by molar-refractivity contribution is 0.0945. The molecular formula is C13H19Cl2N5O. The maximum Gasteiger partial charge on any atom is 0.270 e. The number of likely N-dealkylation sites (N-methyl/N-ethyl adjacent to an activating group) is 1. The first kappa shape index (κ1) is 19.4. The van der Waals surface area contributed by atoms with Crippen molar-refractivity contribution in [2.75, 3.05) is 13.6 Å². The fourth-order valence-corrected chi connectivity index (χ4v) is 1.52. The van der Waals surface area contributed by atoms with Gasteiger partial charge >= 0.3 is 0 Å². The standard InChI is InChI=1S/C13H17N5O.2ClH/c1-10(14-2)9-15-13(19)11-5-3-6-12(17-11)18-8-4-7-16-18;;/h3-8,10,14H,9H2,1-2H3,(H,15,19);2*1H. The van der Waals surface area contributed by atoms with E-state index in [9.17, 15) is 4.79 Å². The van der Waals surface area contributed by atoms with Crippen LogP contribution >= 0.6 is 24.8 Å². The third-order valence-electron chi connectivity index (χ3n) is 2.77. The summed E-state index contributed by atoms with van der Waals surface area (Å²) < 4.78 is 1.62. The number of rotatable bonds is 5. The molecule has 8 heteroatoms. The fourth-order valence-electron chi connectivity index (χ4n) is 1.52. The number of halogens is 2. The summed E-state index contributed by atoms with van der Waals surface area (Å²) in [5, 5.41) is 9.97. The Morgan fingerprint density at radius 2 is 2.10 bits per heavy atom. The molecule has 0 aliphatic rings. The van der Waals surface area contributed by atoms with Gasteiger partial charge < -0.3 is 10.6 Å². The zero-order valence-electron chi connectivity index (χ0n) is 11.8. The predicted molar refractivity (Wildman–Crippen MR) is 86.7 cm³/mol. The van der Waals surface area contributed by atoms with Crippen molar-refractivity contribution >= 4 is 30.7 Å². The zero-order chi connectivity index (χ0) is 13.7. The molecule has 116 valence electrons. The van der Waals surface area contributed by atoms with Crippen molar-refractivity contribution in [2.45, 2.75) is 13.0 Å². The van der Waals surface area contributed by atoms with E-state index in [0.29, 0.717) is 18.1 Å². The van der Waals surface area contributed by atoms with Gasteiger partial charge in [-0.15, -0.1) is 24.8 Å². The lowest BCUT2D eigenvalue weighted by atomic mass is 10.3. The second-order valence-corrected chi connectivity index (χ2v) is 4.23. The Hall–Kier alpha value is -1.63. The Bertz CT molecular complexity index is 547. The van der Waals surface area contributed by atoms with Crippen LogP contribution in [-0.2, 0) is 0 Å². The van der Waals surface area contributed by atoms with Crippen molar-refractivity contribution in [3.63, 3.8) is 0 Å². The van der Waals surface area contributed by atoms with Crippen molar-refractivity contribution in [1.29, 1.82) is 0 Å². The van der Waals surface area contributed by atoms with E-state index >= 15 is 0 Å². The molecule has 1 atom stereocenters. The average Bonchev–Trinajstić information content (AvgIpc) is 2.98. The molecule has 0 aliphatic heterocycles. The Morgan fingerprint density at radius 1 is 1.33 bits per heavy atom. The van der Waals surface area contributed by atoms with Crippen LogP contribution in [0.3, 0.4) is 0 Å². The number of pyridine rings is 1. The molecule has 0 saturated heterocycles. The van der Waals surface area contributed by atoms with E-state index in [1.165, 1.54) is 0 Å². The number of hydrogen-bond acceptors (Lipinski definition) is 4. The van der Waals surface area contributed by atoms with Crippen molar-refractivity contribution in [1.82, 2.24) is 25.4 Å². The van der Waals surface area contributed by atoms with E-state index in [-0.39, 0.29) is 36.8 Å². The molecule has 2 heterocycles. The third kappa shape index (κ3) is 5.34. The fraction of sp³-hybridized carbons (Fsp3) is 0.308. The van der Waals surface area contributed by atoms with E-state index < -0.39 is 0 Å². The first-order chi connectivity index (χ1) is 9.20. The number of nitrogens with one attached hydrogen (secondary N) is 2. The van der Waals surface area contributed by atoms with Crippen molar-refractivity contribution < 1.29 is 4.79 Å². The van der Waals surface area contributed by atoms with Gasteiger partial charge in [0.05, 0.1) is 0 Å². The van der Waals surface area contributed by atoms with Gasteiger partial charge in [-0.3, -0.25) is 4.79 Å². The monoisotopic (exact) mass is 331 g/mol. The van der Waals surface area contributed by atoms with Gasteiger partial charge in [0, 0.05) is 25.0 Å². The smallest absolute Gasteiger partial charge is 0.270 e. The van der Waals surface area contributed by atoms with Gasteiger partial charge in [0.15, 0.2) is 5.82 Å². The normalized spacial score (nSPS) is 11.0. The summed E-state index contributed by atoms with van der Waals surface area (Å²) >= 11 is 0. The van der Waals surface area contributed by atoms with Crippen molar-refractivity contribution in [2.24, 2.45) is 0 Å². The molecule has 0 saturated carbocycles. The molecule has 6 nitrogen and oxygen atoms in total. The molecule has 0 radical (unpaired) electrons. The topological polar surface area (TPSA) is 71.8 Å². The van der Waals surface area contributed by atoms with Crippen LogP contribution in [0.5, 0.6) is 0 Å². The molecular weight excluding hydrogens is 313 g/mol. The summed E-state index contributed by atoms with van der Waals surface area (Å²) in [6.45, 7) is 2.55. The van der Waals surface area contributed by atoms with Gasteiger partial charge in [0.2, 0.25) is 0 Å². The molecule has 0 aliphatic carbocycles. The highest BCUT2D eigenvalue weighted by Crippen LogP contribution is 2.04. The number of amides is 1. The van der Waals surface area contributed by atoms with Crippen LogP contribution < -0.4 is 10.6 Å². The van der Waals surface area contributed by atoms with Crippen LogP contribution in [0, 0.1) is 0 Å². The quantitative estimate of drug-likeness (QED) is 0.869. The number of hydrogen-bond donors (Lipinski definition) is 2. The van der Waals surface area contributed by atoms with E-state index in [4.69, 9.17) is 0 Å². The number of aromatic nitrogens is 3. The Morgan fingerprint density at radius 3 is 2.71 bits per heavy atom. The summed E-state index contributed by atoms with van der Waals surface area (Å²) in [5.41, 5.74) is 0.385. The molecule has 21 heavy (non-hydrogen) atoms. The summed E-state index contributed by atoms with van der Waals surface area (Å²) in [6.07, 6.45) is 3.45. The Kier molecular flexibility index (Phi) is 8.61. The van der Waals surface area contributed by atoms with Crippen molar-refractivity contribution in [3.05, 3.63) is 42.4 Å². The molecule has 0 fully saturated rings. The molecule has 2 N–H and O–H groups in total. The van der Waals surface area contributed by atoms with Crippen LogP contribution in [0.4, 0.5) is 0 Å². The number of nitrogens with zero attached hydrogens (tertiary/aromatic N) is 3. The molecule has 2 rings (SSSR count). The second-order valence-electron chi connectivity index (χ2n) is 4.23. The highest BCUT2D eigenvalue weighted by Gasteiger charge is 2.09. The first-order valence-electron chi connectivity index (χ1n) is 6.13. The summed E-state index contributed by atoms with van der Waals surface area (Å²) in [5.74, 6) is 0.440. The molecule has 0 aromatic carbocycles. The van der Waals surface area contributed by atoms with Gasteiger partial charge in [0.1, 0.15) is 5.69 Å². The highest BCUT2D eigenvalue weighted by molar-refractivity contribution is 5.92. The Labute approximate surface area is 136 Å². The summed E-state index contributed by atoms with van der Waals surface area (Å²) in [6, 6.07) is 7.31. The minimum atomic E-state index is -0.184. The largest absolute Gasteiger partial charge is 0.349 e. The maximum atomic E-state index is 12.0. The second kappa shape index (κ2) is 9.33. The predicted octanol–water partition coefficient (Wildman–Crippen LogP) is 1.45. The molecule has 2 aromatic heterocycles.